The maximum Gasteiger partial charge on any atom is 0.169 e. The molecule has 5 heteroatoms. The van der Waals surface area contributed by atoms with Crippen LogP contribution in [0.2, 0.25) is 5.02 Å². The molecule has 0 radical (unpaired) electrons. The molecule has 1 aromatic heterocycles. The number of nitrogens with two attached hydrogens (primary N) is 1. The first-order chi connectivity index (χ1) is 9.24. The smallest absolute Gasteiger partial charge is 0.169 e. The van der Waals surface area contributed by atoms with Crippen molar-refractivity contribution < 1.29 is 9.26 Å². The molecule has 3 rings (SSSR count). The summed E-state index contributed by atoms with van der Waals surface area (Å²) >= 11 is 6.39. The van der Waals surface area contributed by atoms with E-state index in [0.29, 0.717) is 17.5 Å². The minimum atomic E-state index is 0.375. The van der Waals surface area contributed by atoms with Crippen LogP contribution in [0.1, 0.15) is 24.3 Å². The molecule has 1 aliphatic heterocycles. The molecule has 1 aromatic carbocycles. The highest BCUT2D eigenvalue weighted by Gasteiger charge is 2.19. The van der Waals surface area contributed by atoms with Crippen LogP contribution in [0.3, 0.4) is 0 Å². The average molecular weight is 279 g/mol. The average Bonchev–Trinajstić information content (AvgIpc) is 2.86. The van der Waals surface area contributed by atoms with Crippen LogP contribution in [0.5, 0.6) is 0 Å². The number of nitrogens with zero attached hydrogens (tertiary/aromatic N) is 1. The number of nitrogen functional groups attached to an aromatic ring is 1. The van der Waals surface area contributed by atoms with Crippen molar-refractivity contribution in [1.29, 1.82) is 0 Å². The zero-order valence-electron chi connectivity index (χ0n) is 10.4. The lowest BCUT2D eigenvalue weighted by Crippen LogP contribution is -2.14. The molecule has 19 heavy (non-hydrogen) atoms. The molecule has 0 atom stereocenters. The van der Waals surface area contributed by atoms with E-state index in [4.69, 9.17) is 26.6 Å². The monoisotopic (exact) mass is 278 g/mol. The van der Waals surface area contributed by atoms with Gasteiger partial charge in [-0.3, -0.25) is 0 Å². The Morgan fingerprint density at radius 1 is 1.21 bits per heavy atom. The molecule has 1 aliphatic rings. The lowest BCUT2D eigenvalue weighted by molar-refractivity contribution is 0.0853. The van der Waals surface area contributed by atoms with E-state index in [0.717, 1.165) is 36.6 Å². The number of hydrogen-bond acceptors (Lipinski definition) is 4. The van der Waals surface area contributed by atoms with Gasteiger partial charge in [0, 0.05) is 29.9 Å². The first kappa shape index (κ1) is 12.5. The molecule has 2 N–H and O–H groups in total. The molecule has 0 amide bonds. The summed E-state index contributed by atoms with van der Waals surface area (Å²) in [4.78, 5) is 0. The molecular formula is C14H15ClN2O2. The topological polar surface area (TPSA) is 61.3 Å². The maximum atomic E-state index is 6.39. The van der Waals surface area contributed by atoms with E-state index in [1.165, 1.54) is 5.56 Å². The van der Waals surface area contributed by atoms with Gasteiger partial charge in [0.25, 0.3) is 0 Å². The Balaban J connectivity index is 1.89. The van der Waals surface area contributed by atoms with Crippen LogP contribution in [0.15, 0.2) is 28.8 Å². The zero-order chi connectivity index (χ0) is 13.2. The van der Waals surface area contributed by atoms with Gasteiger partial charge in [-0.2, -0.15) is 0 Å². The summed E-state index contributed by atoms with van der Waals surface area (Å²) in [5, 5.41) is 4.44. The van der Waals surface area contributed by atoms with Gasteiger partial charge in [-0.15, -0.1) is 0 Å². The Morgan fingerprint density at radius 3 is 2.63 bits per heavy atom. The van der Waals surface area contributed by atoms with Crippen molar-refractivity contribution >= 4 is 17.4 Å². The highest BCUT2D eigenvalue weighted by Crippen LogP contribution is 2.34. The Morgan fingerprint density at radius 2 is 2.00 bits per heavy atom. The summed E-state index contributed by atoms with van der Waals surface area (Å²) in [7, 11) is 0. The van der Waals surface area contributed by atoms with Crippen LogP contribution in [0.4, 0.5) is 5.82 Å². The summed E-state index contributed by atoms with van der Waals surface area (Å²) in [5.74, 6) is 1.49. The van der Waals surface area contributed by atoms with Gasteiger partial charge < -0.3 is 15.0 Å². The van der Waals surface area contributed by atoms with Crippen molar-refractivity contribution in [1.82, 2.24) is 5.16 Å². The first-order valence-corrected chi connectivity index (χ1v) is 6.71. The lowest BCUT2D eigenvalue weighted by Gasteiger charge is -2.23. The highest BCUT2D eigenvalue weighted by molar-refractivity contribution is 6.31. The largest absolute Gasteiger partial charge is 0.381 e. The molecule has 0 bridgehead atoms. The van der Waals surface area contributed by atoms with Crippen LogP contribution in [0, 0.1) is 0 Å². The number of aromatic nitrogens is 1. The number of hydrogen-bond donors (Lipinski definition) is 1. The van der Waals surface area contributed by atoms with Crippen molar-refractivity contribution in [2.75, 3.05) is 18.9 Å². The molecule has 2 heterocycles. The number of benzene rings is 1. The molecule has 0 aliphatic carbocycles. The van der Waals surface area contributed by atoms with Crippen molar-refractivity contribution in [3.63, 3.8) is 0 Å². The highest BCUT2D eigenvalue weighted by atomic mass is 35.5. The van der Waals surface area contributed by atoms with Gasteiger partial charge in [0.05, 0.1) is 0 Å². The quantitative estimate of drug-likeness (QED) is 0.914. The fourth-order valence-electron chi connectivity index (χ4n) is 2.45. The molecule has 0 spiro atoms. The predicted molar refractivity (Wildman–Crippen MR) is 74.2 cm³/mol. The first-order valence-electron chi connectivity index (χ1n) is 6.34. The van der Waals surface area contributed by atoms with Crippen molar-refractivity contribution in [2.24, 2.45) is 0 Å². The van der Waals surface area contributed by atoms with E-state index >= 15 is 0 Å². The maximum absolute atomic E-state index is 6.39. The summed E-state index contributed by atoms with van der Waals surface area (Å²) in [5.41, 5.74) is 7.62. The lowest BCUT2D eigenvalue weighted by atomic mass is 9.91. The van der Waals surface area contributed by atoms with Crippen LogP contribution < -0.4 is 5.73 Å². The second-order valence-corrected chi connectivity index (χ2v) is 5.15. The van der Waals surface area contributed by atoms with Gasteiger partial charge in [0.15, 0.2) is 11.6 Å². The van der Waals surface area contributed by atoms with E-state index in [1.54, 1.807) is 6.07 Å². The van der Waals surface area contributed by atoms with E-state index in [9.17, 15) is 0 Å². The Bertz CT molecular complexity index is 577. The van der Waals surface area contributed by atoms with Crippen molar-refractivity contribution in [3.8, 4) is 11.3 Å². The summed E-state index contributed by atoms with van der Waals surface area (Å²) in [6.45, 7) is 1.61. The van der Waals surface area contributed by atoms with E-state index < -0.39 is 0 Å². The van der Waals surface area contributed by atoms with Gasteiger partial charge in [-0.1, -0.05) is 28.9 Å². The molecular weight excluding hydrogens is 264 g/mol. The second kappa shape index (κ2) is 5.23. The van der Waals surface area contributed by atoms with Gasteiger partial charge in [-0.05, 0) is 30.4 Å². The molecule has 2 aromatic rings. The standard InChI is InChI=1S/C14H15ClN2O2/c15-12-7-10(13-8-14(16)17-19-13)1-2-11(12)9-3-5-18-6-4-9/h1-2,7-9H,3-6H2,(H2,16,17). The van der Waals surface area contributed by atoms with Crippen LogP contribution in [-0.2, 0) is 4.74 Å². The van der Waals surface area contributed by atoms with E-state index in [-0.39, 0.29) is 0 Å². The SMILES string of the molecule is Nc1cc(-c2ccc(C3CCOCC3)c(Cl)c2)on1. The van der Waals surface area contributed by atoms with E-state index in [2.05, 4.69) is 11.2 Å². The van der Waals surface area contributed by atoms with Crippen molar-refractivity contribution in [3.05, 3.63) is 34.9 Å². The number of halogens is 1. The number of ether oxygens (including phenoxy) is 1. The van der Waals surface area contributed by atoms with Gasteiger partial charge in [-0.25, -0.2) is 0 Å². The molecule has 1 fully saturated rings. The molecule has 4 nitrogen and oxygen atoms in total. The van der Waals surface area contributed by atoms with Crippen LogP contribution >= 0.6 is 11.6 Å². The summed E-state index contributed by atoms with van der Waals surface area (Å²) < 4.78 is 10.5. The van der Waals surface area contributed by atoms with Gasteiger partial charge in [0.2, 0.25) is 0 Å². The normalized spacial score (nSPS) is 16.7. The predicted octanol–water partition coefficient (Wildman–Crippen LogP) is 3.47. The minimum Gasteiger partial charge on any atom is -0.381 e. The van der Waals surface area contributed by atoms with Crippen molar-refractivity contribution in [2.45, 2.75) is 18.8 Å². The number of rotatable bonds is 2. The fourth-order valence-corrected chi connectivity index (χ4v) is 2.78. The van der Waals surface area contributed by atoms with E-state index in [1.807, 2.05) is 12.1 Å². The Kier molecular flexibility index (Phi) is 3.44. The zero-order valence-corrected chi connectivity index (χ0v) is 11.2. The molecule has 100 valence electrons. The molecule has 0 saturated carbocycles. The minimum absolute atomic E-state index is 0.375. The third-order valence-electron chi connectivity index (χ3n) is 3.47. The molecule has 0 unspecified atom stereocenters. The Hall–Kier alpha value is -1.52. The molecule has 1 saturated heterocycles. The fraction of sp³-hybridized carbons (Fsp3) is 0.357. The second-order valence-electron chi connectivity index (χ2n) is 4.74. The third kappa shape index (κ3) is 2.60. The van der Waals surface area contributed by atoms with Gasteiger partial charge >= 0.3 is 0 Å². The summed E-state index contributed by atoms with van der Waals surface area (Å²) in [6, 6.07) is 7.66. The number of anilines is 1. The Labute approximate surface area is 116 Å². The third-order valence-corrected chi connectivity index (χ3v) is 3.80. The van der Waals surface area contributed by atoms with Crippen LogP contribution in [0.25, 0.3) is 11.3 Å². The van der Waals surface area contributed by atoms with Gasteiger partial charge in [0.1, 0.15) is 0 Å². The summed E-state index contributed by atoms with van der Waals surface area (Å²) in [6.07, 6.45) is 2.04. The van der Waals surface area contributed by atoms with Crippen LogP contribution in [-0.4, -0.2) is 18.4 Å².